The summed E-state index contributed by atoms with van der Waals surface area (Å²) in [6.45, 7) is 9.90. The fourth-order valence-corrected chi connectivity index (χ4v) is 2.46. The summed E-state index contributed by atoms with van der Waals surface area (Å²) in [5, 5.41) is 0. The van der Waals surface area contributed by atoms with Gasteiger partial charge in [0, 0.05) is 10.7 Å². The van der Waals surface area contributed by atoms with Crippen LogP contribution in [-0.4, -0.2) is 15.0 Å². The molecular weight excluding hydrogens is 272 g/mol. The standard InChI is InChI=1S/C13H17ClO3S/c1-5-9(2)8-17-13-10(3)6-12(7-11(13)4)18(14,15)16/h6-7H,2,5,8H2,1,3-4H3. The summed E-state index contributed by atoms with van der Waals surface area (Å²) < 4.78 is 28.2. The first-order valence-electron chi connectivity index (χ1n) is 5.61. The number of halogens is 1. The van der Waals surface area contributed by atoms with Crippen LogP contribution in [0.15, 0.2) is 29.2 Å². The lowest BCUT2D eigenvalue weighted by atomic mass is 10.1. The molecule has 0 aliphatic carbocycles. The Kier molecular flexibility index (Phi) is 4.82. The quantitative estimate of drug-likeness (QED) is 0.614. The van der Waals surface area contributed by atoms with Crippen molar-refractivity contribution in [2.75, 3.05) is 6.61 Å². The van der Waals surface area contributed by atoms with Crippen LogP contribution in [0.5, 0.6) is 5.75 Å². The van der Waals surface area contributed by atoms with E-state index in [1.807, 2.05) is 6.92 Å². The molecule has 0 unspecified atom stereocenters. The molecule has 5 heteroatoms. The molecule has 1 aromatic rings. The molecule has 0 aromatic heterocycles. The third kappa shape index (κ3) is 3.75. The molecule has 1 rings (SSSR count). The van der Waals surface area contributed by atoms with E-state index in [0.29, 0.717) is 12.4 Å². The molecule has 0 fully saturated rings. The number of hydrogen-bond donors (Lipinski definition) is 0. The number of aryl methyl sites for hydroxylation is 2. The highest BCUT2D eigenvalue weighted by atomic mass is 35.7. The zero-order valence-electron chi connectivity index (χ0n) is 10.8. The van der Waals surface area contributed by atoms with Crippen molar-refractivity contribution in [2.45, 2.75) is 32.1 Å². The van der Waals surface area contributed by atoms with Crippen molar-refractivity contribution in [1.82, 2.24) is 0 Å². The summed E-state index contributed by atoms with van der Waals surface area (Å²) in [5.41, 5.74) is 2.49. The SMILES string of the molecule is C=C(CC)COc1c(C)cc(S(=O)(=O)Cl)cc1C. The maximum Gasteiger partial charge on any atom is 0.261 e. The lowest BCUT2D eigenvalue weighted by Crippen LogP contribution is -2.03. The summed E-state index contributed by atoms with van der Waals surface area (Å²) >= 11 is 0. The van der Waals surface area contributed by atoms with Crippen molar-refractivity contribution in [3.05, 3.63) is 35.4 Å². The number of benzene rings is 1. The Morgan fingerprint density at radius 3 is 2.22 bits per heavy atom. The fraction of sp³-hybridized carbons (Fsp3) is 0.385. The van der Waals surface area contributed by atoms with E-state index in [1.165, 1.54) is 12.1 Å². The normalized spacial score (nSPS) is 11.3. The van der Waals surface area contributed by atoms with Gasteiger partial charge in [-0.15, -0.1) is 0 Å². The molecule has 0 heterocycles. The van der Waals surface area contributed by atoms with E-state index in [2.05, 4.69) is 6.58 Å². The Bertz CT molecular complexity index is 539. The first-order valence-corrected chi connectivity index (χ1v) is 7.92. The molecule has 0 N–H and O–H groups in total. The largest absolute Gasteiger partial charge is 0.489 e. The number of hydrogen-bond acceptors (Lipinski definition) is 3. The predicted octanol–water partition coefficient (Wildman–Crippen LogP) is 3.58. The molecule has 0 bridgehead atoms. The van der Waals surface area contributed by atoms with E-state index in [0.717, 1.165) is 23.1 Å². The van der Waals surface area contributed by atoms with Gasteiger partial charge in [-0.25, -0.2) is 8.42 Å². The van der Waals surface area contributed by atoms with Gasteiger partial charge in [0.1, 0.15) is 12.4 Å². The van der Waals surface area contributed by atoms with E-state index in [4.69, 9.17) is 15.4 Å². The van der Waals surface area contributed by atoms with Crippen LogP contribution in [0.25, 0.3) is 0 Å². The molecule has 0 atom stereocenters. The zero-order chi connectivity index (χ0) is 13.9. The summed E-state index contributed by atoms with van der Waals surface area (Å²) in [6.07, 6.45) is 0.853. The van der Waals surface area contributed by atoms with Crippen LogP contribution in [0.1, 0.15) is 24.5 Å². The first kappa shape index (κ1) is 15.1. The minimum atomic E-state index is -3.70. The molecular formula is C13H17ClO3S. The van der Waals surface area contributed by atoms with Crippen molar-refractivity contribution in [3.63, 3.8) is 0 Å². The van der Waals surface area contributed by atoms with Crippen molar-refractivity contribution >= 4 is 19.7 Å². The Labute approximate surface area is 113 Å². The van der Waals surface area contributed by atoms with Gasteiger partial charge in [-0.1, -0.05) is 13.5 Å². The van der Waals surface area contributed by atoms with Crippen LogP contribution >= 0.6 is 10.7 Å². The Morgan fingerprint density at radius 2 is 1.83 bits per heavy atom. The lowest BCUT2D eigenvalue weighted by molar-refractivity contribution is 0.344. The molecule has 0 amide bonds. The highest BCUT2D eigenvalue weighted by molar-refractivity contribution is 8.13. The molecule has 0 spiro atoms. The summed E-state index contributed by atoms with van der Waals surface area (Å²) in [6, 6.07) is 3.03. The lowest BCUT2D eigenvalue weighted by Gasteiger charge is -2.13. The third-order valence-corrected chi connectivity index (χ3v) is 3.97. The maximum atomic E-state index is 11.3. The minimum absolute atomic E-state index is 0.0980. The monoisotopic (exact) mass is 288 g/mol. The fourth-order valence-electron chi connectivity index (χ4n) is 1.56. The molecule has 1 aromatic carbocycles. The Hall–Kier alpha value is -1.00. The molecule has 0 saturated carbocycles. The van der Waals surface area contributed by atoms with E-state index < -0.39 is 9.05 Å². The second kappa shape index (κ2) is 5.76. The average molecular weight is 289 g/mol. The van der Waals surface area contributed by atoms with Crippen molar-refractivity contribution in [2.24, 2.45) is 0 Å². The van der Waals surface area contributed by atoms with Gasteiger partial charge in [0.15, 0.2) is 0 Å². The number of ether oxygens (including phenoxy) is 1. The first-order chi connectivity index (χ1) is 8.25. The van der Waals surface area contributed by atoms with Crippen LogP contribution < -0.4 is 4.74 Å². The van der Waals surface area contributed by atoms with Gasteiger partial charge in [0.2, 0.25) is 0 Å². The molecule has 0 aliphatic heterocycles. The predicted molar refractivity (Wildman–Crippen MR) is 73.9 cm³/mol. The van der Waals surface area contributed by atoms with Crippen molar-refractivity contribution in [3.8, 4) is 5.75 Å². The summed E-state index contributed by atoms with van der Waals surface area (Å²) in [5.74, 6) is 0.689. The third-order valence-electron chi connectivity index (χ3n) is 2.64. The molecule has 0 aliphatic rings. The average Bonchev–Trinajstić information content (AvgIpc) is 2.26. The second-order valence-electron chi connectivity index (χ2n) is 4.22. The van der Waals surface area contributed by atoms with E-state index >= 15 is 0 Å². The van der Waals surface area contributed by atoms with Gasteiger partial charge < -0.3 is 4.74 Å². The van der Waals surface area contributed by atoms with Gasteiger partial charge in [-0.05, 0) is 49.1 Å². The Morgan fingerprint density at radius 1 is 1.33 bits per heavy atom. The molecule has 18 heavy (non-hydrogen) atoms. The van der Waals surface area contributed by atoms with Gasteiger partial charge >= 0.3 is 0 Å². The van der Waals surface area contributed by atoms with Crippen molar-refractivity contribution < 1.29 is 13.2 Å². The van der Waals surface area contributed by atoms with Gasteiger partial charge in [0.05, 0.1) is 4.90 Å². The van der Waals surface area contributed by atoms with E-state index in [-0.39, 0.29) is 4.90 Å². The second-order valence-corrected chi connectivity index (χ2v) is 6.78. The molecule has 3 nitrogen and oxygen atoms in total. The molecule has 100 valence electrons. The Balaban J connectivity index is 3.06. The smallest absolute Gasteiger partial charge is 0.261 e. The van der Waals surface area contributed by atoms with Crippen molar-refractivity contribution in [1.29, 1.82) is 0 Å². The van der Waals surface area contributed by atoms with E-state index in [9.17, 15) is 8.42 Å². The number of rotatable bonds is 5. The topological polar surface area (TPSA) is 43.4 Å². The van der Waals surface area contributed by atoms with Crippen LogP contribution in [0, 0.1) is 13.8 Å². The highest BCUT2D eigenvalue weighted by Crippen LogP contribution is 2.28. The van der Waals surface area contributed by atoms with Crippen LogP contribution in [0.2, 0.25) is 0 Å². The minimum Gasteiger partial charge on any atom is -0.489 e. The van der Waals surface area contributed by atoms with Crippen LogP contribution in [-0.2, 0) is 9.05 Å². The van der Waals surface area contributed by atoms with Crippen LogP contribution in [0.4, 0.5) is 0 Å². The molecule has 0 saturated heterocycles. The van der Waals surface area contributed by atoms with Gasteiger partial charge in [-0.3, -0.25) is 0 Å². The molecule has 0 radical (unpaired) electrons. The maximum absolute atomic E-state index is 11.3. The highest BCUT2D eigenvalue weighted by Gasteiger charge is 2.14. The summed E-state index contributed by atoms with van der Waals surface area (Å²) in [4.78, 5) is 0.0980. The van der Waals surface area contributed by atoms with E-state index in [1.54, 1.807) is 13.8 Å². The van der Waals surface area contributed by atoms with Gasteiger partial charge in [0.25, 0.3) is 9.05 Å². The zero-order valence-corrected chi connectivity index (χ0v) is 12.4. The summed E-state index contributed by atoms with van der Waals surface area (Å²) in [7, 11) is 1.62. The van der Waals surface area contributed by atoms with Gasteiger partial charge in [-0.2, -0.15) is 0 Å². The van der Waals surface area contributed by atoms with Crippen LogP contribution in [0.3, 0.4) is 0 Å².